The molecular formula is C9H19NO4. The molecule has 0 aliphatic rings. The van der Waals surface area contributed by atoms with Gasteiger partial charge in [-0.05, 0) is 27.7 Å². The molecule has 0 aromatic rings. The third kappa shape index (κ3) is 5.77. The second-order valence-electron chi connectivity index (χ2n) is 4.18. The number of amides is 1. The van der Waals surface area contributed by atoms with E-state index in [0.717, 1.165) is 0 Å². The Bertz CT molecular complexity index is 186. The molecule has 5 heteroatoms. The van der Waals surface area contributed by atoms with Gasteiger partial charge in [0.2, 0.25) is 0 Å². The molecule has 0 saturated heterocycles. The monoisotopic (exact) mass is 205 g/mol. The van der Waals surface area contributed by atoms with Gasteiger partial charge in [-0.1, -0.05) is 0 Å². The van der Waals surface area contributed by atoms with Crippen LogP contribution in [0.1, 0.15) is 27.7 Å². The Balaban J connectivity index is 4.04. The fourth-order valence-corrected chi connectivity index (χ4v) is 0.778. The van der Waals surface area contributed by atoms with E-state index in [-0.39, 0.29) is 6.61 Å². The summed E-state index contributed by atoms with van der Waals surface area (Å²) in [5.41, 5.74) is -0.581. The number of nitrogens with one attached hydrogen (secondary N) is 1. The van der Waals surface area contributed by atoms with E-state index in [4.69, 9.17) is 14.9 Å². The number of aliphatic hydroxyl groups is 2. The summed E-state index contributed by atoms with van der Waals surface area (Å²) in [6, 6.07) is -0.690. The third-order valence-electron chi connectivity index (χ3n) is 1.48. The van der Waals surface area contributed by atoms with E-state index in [1.54, 1.807) is 20.8 Å². The number of rotatable bonds is 3. The number of carbonyl (C=O) groups is 1. The van der Waals surface area contributed by atoms with Crippen LogP contribution in [0, 0.1) is 0 Å². The van der Waals surface area contributed by atoms with E-state index < -0.39 is 23.8 Å². The average molecular weight is 205 g/mol. The van der Waals surface area contributed by atoms with Crippen molar-refractivity contribution in [3.05, 3.63) is 0 Å². The van der Waals surface area contributed by atoms with Crippen LogP contribution in [0.2, 0.25) is 0 Å². The number of carbonyl (C=O) groups excluding carboxylic acids is 1. The number of alkyl carbamates (subject to hydrolysis) is 1. The Morgan fingerprint density at radius 1 is 1.50 bits per heavy atom. The molecular weight excluding hydrogens is 186 g/mol. The first kappa shape index (κ1) is 13.2. The molecule has 0 fully saturated rings. The molecule has 0 aliphatic heterocycles. The first-order valence-electron chi connectivity index (χ1n) is 4.54. The van der Waals surface area contributed by atoms with Crippen LogP contribution in [-0.2, 0) is 4.74 Å². The Morgan fingerprint density at radius 2 is 2.00 bits per heavy atom. The Hall–Kier alpha value is -0.810. The van der Waals surface area contributed by atoms with Crippen LogP contribution < -0.4 is 5.32 Å². The number of hydrogen-bond donors (Lipinski definition) is 3. The molecule has 0 bridgehead atoms. The molecule has 14 heavy (non-hydrogen) atoms. The van der Waals surface area contributed by atoms with Gasteiger partial charge in [-0.2, -0.15) is 0 Å². The lowest BCUT2D eigenvalue weighted by molar-refractivity contribution is 0.0377. The topological polar surface area (TPSA) is 78.8 Å². The number of hydrogen-bond acceptors (Lipinski definition) is 4. The molecule has 0 aromatic carbocycles. The van der Waals surface area contributed by atoms with Crippen molar-refractivity contribution in [1.29, 1.82) is 0 Å². The maximum Gasteiger partial charge on any atom is 0.408 e. The fourth-order valence-electron chi connectivity index (χ4n) is 0.778. The van der Waals surface area contributed by atoms with Gasteiger partial charge in [-0.25, -0.2) is 4.79 Å². The summed E-state index contributed by atoms with van der Waals surface area (Å²) in [7, 11) is 0. The van der Waals surface area contributed by atoms with Crippen molar-refractivity contribution in [2.24, 2.45) is 0 Å². The SMILES string of the molecule is C[C@@H](O)[C@@H](CO)NC(=O)OC(C)(C)C. The lowest BCUT2D eigenvalue weighted by Gasteiger charge is -2.23. The summed E-state index contributed by atoms with van der Waals surface area (Å²) in [5.74, 6) is 0. The Kier molecular flexibility index (Phi) is 4.87. The van der Waals surface area contributed by atoms with E-state index >= 15 is 0 Å². The van der Waals surface area contributed by atoms with E-state index in [1.165, 1.54) is 6.92 Å². The lowest BCUT2D eigenvalue weighted by Crippen LogP contribution is -2.46. The van der Waals surface area contributed by atoms with Gasteiger partial charge in [0.15, 0.2) is 0 Å². The molecule has 3 N–H and O–H groups in total. The summed E-state index contributed by atoms with van der Waals surface area (Å²) in [6.07, 6.45) is -1.45. The van der Waals surface area contributed by atoms with Crippen molar-refractivity contribution < 1.29 is 19.7 Å². The average Bonchev–Trinajstić information content (AvgIpc) is 1.96. The van der Waals surface area contributed by atoms with Gasteiger partial charge < -0.3 is 20.3 Å². The predicted molar refractivity (Wildman–Crippen MR) is 51.9 cm³/mol. The van der Waals surface area contributed by atoms with Crippen molar-refractivity contribution in [2.45, 2.75) is 45.4 Å². The van der Waals surface area contributed by atoms with Crippen molar-refractivity contribution in [1.82, 2.24) is 5.32 Å². The van der Waals surface area contributed by atoms with Crippen LogP contribution in [-0.4, -0.2) is 40.7 Å². The molecule has 5 nitrogen and oxygen atoms in total. The normalized spacial score (nSPS) is 15.9. The molecule has 1 amide bonds. The summed E-state index contributed by atoms with van der Waals surface area (Å²) in [4.78, 5) is 11.2. The Labute approximate surface area is 84.1 Å². The zero-order valence-corrected chi connectivity index (χ0v) is 9.07. The van der Waals surface area contributed by atoms with E-state index in [2.05, 4.69) is 5.32 Å². The number of ether oxygens (including phenoxy) is 1. The Morgan fingerprint density at radius 3 is 2.29 bits per heavy atom. The molecule has 0 radical (unpaired) electrons. The smallest absolute Gasteiger partial charge is 0.408 e. The highest BCUT2D eigenvalue weighted by Crippen LogP contribution is 2.07. The van der Waals surface area contributed by atoms with Gasteiger partial charge in [-0.15, -0.1) is 0 Å². The highest BCUT2D eigenvalue weighted by atomic mass is 16.6. The minimum atomic E-state index is -0.812. The summed E-state index contributed by atoms with van der Waals surface area (Å²) in [6.45, 7) is 6.38. The first-order valence-corrected chi connectivity index (χ1v) is 4.54. The summed E-state index contributed by atoms with van der Waals surface area (Å²) < 4.78 is 4.95. The first-order chi connectivity index (χ1) is 6.26. The lowest BCUT2D eigenvalue weighted by atomic mass is 10.2. The van der Waals surface area contributed by atoms with Crippen LogP contribution in [0.25, 0.3) is 0 Å². The van der Waals surface area contributed by atoms with E-state index in [9.17, 15) is 4.79 Å². The second-order valence-corrected chi connectivity index (χ2v) is 4.18. The third-order valence-corrected chi connectivity index (χ3v) is 1.48. The van der Waals surface area contributed by atoms with Gasteiger partial charge in [0.05, 0.1) is 18.8 Å². The van der Waals surface area contributed by atoms with Gasteiger partial charge in [0, 0.05) is 0 Å². The zero-order chi connectivity index (χ0) is 11.4. The maximum atomic E-state index is 11.2. The predicted octanol–water partition coefficient (Wildman–Crippen LogP) is 0.253. The van der Waals surface area contributed by atoms with Crippen molar-refractivity contribution in [3.8, 4) is 0 Å². The van der Waals surface area contributed by atoms with Crippen molar-refractivity contribution in [2.75, 3.05) is 6.61 Å². The van der Waals surface area contributed by atoms with Crippen LogP contribution >= 0.6 is 0 Å². The molecule has 0 heterocycles. The standard InChI is InChI=1S/C9H19NO4/c1-6(12)7(5-11)10-8(13)14-9(2,3)4/h6-7,11-12H,5H2,1-4H3,(H,10,13)/t6-,7-/m1/s1. The maximum absolute atomic E-state index is 11.2. The van der Waals surface area contributed by atoms with Gasteiger partial charge in [0.1, 0.15) is 5.60 Å². The highest BCUT2D eigenvalue weighted by molar-refractivity contribution is 5.68. The molecule has 0 unspecified atom stereocenters. The number of aliphatic hydroxyl groups excluding tert-OH is 2. The molecule has 0 spiro atoms. The largest absolute Gasteiger partial charge is 0.444 e. The van der Waals surface area contributed by atoms with E-state index in [0.29, 0.717) is 0 Å². The van der Waals surface area contributed by atoms with Gasteiger partial charge >= 0.3 is 6.09 Å². The van der Waals surface area contributed by atoms with Gasteiger partial charge in [-0.3, -0.25) is 0 Å². The van der Waals surface area contributed by atoms with Gasteiger partial charge in [0.25, 0.3) is 0 Å². The fraction of sp³-hybridized carbons (Fsp3) is 0.889. The molecule has 2 atom stereocenters. The highest BCUT2D eigenvalue weighted by Gasteiger charge is 2.21. The van der Waals surface area contributed by atoms with Crippen LogP contribution in [0.3, 0.4) is 0 Å². The van der Waals surface area contributed by atoms with Crippen molar-refractivity contribution in [3.63, 3.8) is 0 Å². The quantitative estimate of drug-likeness (QED) is 0.617. The van der Waals surface area contributed by atoms with Crippen LogP contribution in [0.5, 0.6) is 0 Å². The van der Waals surface area contributed by atoms with Crippen molar-refractivity contribution >= 4 is 6.09 Å². The summed E-state index contributed by atoms with van der Waals surface area (Å²) in [5, 5.41) is 20.3. The minimum Gasteiger partial charge on any atom is -0.444 e. The zero-order valence-electron chi connectivity index (χ0n) is 9.07. The second kappa shape index (κ2) is 5.17. The molecule has 0 aliphatic carbocycles. The molecule has 0 rings (SSSR count). The van der Waals surface area contributed by atoms with Crippen LogP contribution in [0.15, 0.2) is 0 Å². The molecule has 0 aromatic heterocycles. The molecule has 84 valence electrons. The minimum absolute atomic E-state index is 0.323. The molecule has 0 saturated carbocycles. The van der Waals surface area contributed by atoms with Crippen LogP contribution in [0.4, 0.5) is 4.79 Å². The summed E-state index contributed by atoms with van der Waals surface area (Å²) >= 11 is 0. The van der Waals surface area contributed by atoms with E-state index in [1.807, 2.05) is 0 Å².